The number of urea groups is 1. The Morgan fingerprint density at radius 3 is 2.55 bits per heavy atom. The summed E-state index contributed by atoms with van der Waals surface area (Å²) in [5, 5.41) is 0. The molecular formula is C25H33F3N4O. The van der Waals surface area contributed by atoms with E-state index in [0.29, 0.717) is 31.0 Å². The van der Waals surface area contributed by atoms with Crippen molar-refractivity contribution in [3.8, 4) is 0 Å². The van der Waals surface area contributed by atoms with Gasteiger partial charge in [0, 0.05) is 38.9 Å². The van der Waals surface area contributed by atoms with Gasteiger partial charge in [-0.15, -0.1) is 0 Å². The lowest BCUT2D eigenvalue weighted by molar-refractivity contribution is -0.137. The van der Waals surface area contributed by atoms with Gasteiger partial charge in [-0.25, -0.2) is 4.79 Å². The van der Waals surface area contributed by atoms with Crippen LogP contribution in [0.2, 0.25) is 0 Å². The van der Waals surface area contributed by atoms with E-state index in [1.807, 2.05) is 17.0 Å². The molecule has 0 radical (unpaired) electrons. The maximum absolute atomic E-state index is 13.0. The summed E-state index contributed by atoms with van der Waals surface area (Å²) in [7, 11) is 1.76. The van der Waals surface area contributed by atoms with Crippen molar-refractivity contribution >= 4 is 11.7 Å². The number of hydrogen-bond donors (Lipinski definition) is 0. The molecule has 0 aliphatic carbocycles. The number of halogens is 3. The van der Waals surface area contributed by atoms with Crippen LogP contribution in [0.1, 0.15) is 37.8 Å². The Kier molecular flexibility index (Phi) is 8.35. The highest BCUT2D eigenvalue weighted by Gasteiger charge is 2.31. The topological polar surface area (TPSA) is 39.7 Å². The zero-order valence-electron chi connectivity index (χ0n) is 19.6. The lowest BCUT2D eigenvalue weighted by Gasteiger charge is -2.38. The normalized spacial score (nSPS) is 16.2. The molecule has 3 rings (SSSR count). The standard InChI is InChI=1S/C25H33F3N4O/c1-4-31(19(2)15-21-7-5-8-22(16-21)25(26,27)28)18-20-10-13-32(14-11-20)24(33)30(3)23-9-6-12-29-17-23/h5-9,12,16-17,19-20H,4,10-11,13-15,18H2,1-3H3. The molecular weight excluding hydrogens is 429 g/mol. The molecule has 1 aliphatic rings. The van der Waals surface area contributed by atoms with Crippen molar-refractivity contribution in [3.05, 3.63) is 59.9 Å². The second-order valence-electron chi connectivity index (χ2n) is 8.82. The lowest BCUT2D eigenvalue weighted by Crippen LogP contribution is -2.47. The fraction of sp³-hybridized carbons (Fsp3) is 0.520. The summed E-state index contributed by atoms with van der Waals surface area (Å²) in [5.74, 6) is 0.460. The van der Waals surface area contributed by atoms with Gasteiger partial charge >= 0.3 is 12.2 Å². The molecule has 2 aromatic rings. The minimum Gasteiger partial charge on any atom is -0.324 e. The molecule has 1 fully saturated rings. The number of carbonyl (C=O) groups excluding carboxylic acids is 1. The van der Waals surface area contributed by atoms with Gasteiger partial charge in [0.25, 0.3) is 0 Å². The number of nitrogens with zero attached hydrogens (tertiary/aromatic N) is 4. The molecule has 1 aliphatic heterocycles. The Balaban J connectivity index is 1.52. The van der Waals surface area contributed by atoms with Crippen molar-refractivity contribution in [2.24, 2.45) is 5.92 Å². The third-order valence-electron chi connectivity index (χ3n) is 6.51. The van der Waals surface area contributed by atoms with Crippen molar-refractivity contribution in [1.82, 2.24) is 14.8 Å². The molecule has 0 spiro atoms. The van der Waals surface area contributed by atoms with Crippen LogP contribution in [0, 0.1) is 5.92 Å². The molecule has 1 unspecified atom stereocenters. The van der Waals surface area contributed by atoms with Crippen LogP contribution in [0.15, 0.2) is 48.8 Å². The Bertz CT molecular complexity index is 898. The minimum atomic E-state index is -4.32. The van der Waals surface area contributed by atoms with E-state index in [4.69, 9.17) is 0 Å². The summed E-state index contributed by atoms with van der Waals surface area (Å²) in [6.07, 6.45) is 1.44. The fourth-order valence-electron chi connectivity index (χ4n) is 4.48. The molecule has 2 heterocycles. The van der Waals surface area contributed by atoms with Crippen LogP contribution in [-0.4, -0.2) is 60.1 Å². The van der Waals surface area contributed by atoms with Gasteiger partial charge in [0.1, 0.15) is 0 Å². The first-order valence-electron chi connectivity index (χ1n) is 11.5. The predicted molar refractivity (Wildman–Crippen MR) is 124 cm³/mol. The van der Waals surface area contributed by atoms with E-state index in [1.54, 1.807) is 30.4 Å². The second kappa shape index (κ2) is 11.0. The van der Waals surface area contributed by atoms with Crippen LogP contribution in [0.25, 0.3) is 0 Å². The highest BCUT2D eigenvalue weighted by atomic mass is 19.4. The largest absolute Gasteiger partial charge is 0.416 e. The number of carbonyl (C=O) groups is 1. The predicted octanol–water partition coefficient (Wildman–Crippen LogP) is 5.32. The number of likely N-dealkylation sites (N-methyl/N-ethyl adjacent to an activating group) is 1. The zero-order chi connectivity index (χ0) is 24.0. The van der Waals surface area contributed by atoms with E-state index < -0.39 is 11.7 Å². The van der Waals surface area contributed by atoms with Crippen LogP contribution in [0.4, 0.5) is 23.7 Å². The summed E-state index contributed by atoms with van der Waals surface area (Å²) >= 11 is 0. The van der Waals surface area contributed by atoms with Crippen LogP contribution < -0.4 is 4.90 Å². The number of amides is 2. The number of aromatic nitrogens is 1. The molecule has 2 amide bonds. The van der Waals surface area contributed by atoms with Crippen LogP contribution in [-0.2, 0) is 12.6 Å². The monoisotopic (exact) mass is 462 g/mol. The van der Waals surface area contributed by atoms with Gasteiger partial charge in [-0.3, -0.25) is 9.88 Å². The van der Waals surface area contributed by atoms with Gasteiger partial charge in [-0.2, -0.15) is 13.2 Å². The molecule has 180 valence electrons. The molecule has 1 atom stereocenters. The van der Waals surface area contributed by atoms with Crippen LogP contribution in [0.5, 0.6) is 0 Å². The van der Waals surface area contributed by atoms with Gasteiger partial charge < -0.3 is 9.80 Å². The Morgan fingerprint density at radius 2 is 1.94 bits per heavy atom. The van der Waals surface area contributed by atoms with Crippen LogP contribution >= 0.6 is 0 Å². The number of rotatable bonds is 7. The first-order valence-corrected chi connectivity index (χ1v) is 11.5. The average molecular weight is 463 g/mol. The number of benzene rings is 1. The smallest absolute Gasteiger partial charge is 0.324 e. The van der Waals surface area contributed by atoms with Crippen molar-refractivity contribution in [1.29, 1.82) is 0 Å². The van der Waals surface area contributed by atoms with Gasteiger partial charge in [0.05, 0.1) is 17.4 Å². The molecule has 5 nitrogen and oxygen atoms in total. The van der Waals surface area contributed by atoms with Crippen molar-refractivity contribution in [3.63, 3.8) is 0 Å². The van der Waals surface area contributed by atoms with Crippen molar-refractivity contribution in [2.75, 3.05) is 38.1 Å². The average Bonchev–Trinajstić information content (AvgIpc) is 2.82. The lowest BCUT2D eigenvalue weighted by atomic mass is 9.95. The molecule has 1 aromatic heterocycles. The molecule has 0 saturated carbocycles. The van der Waals surface area contributed by atoms with E-state index in [0.717, 1.165) is 37.7 Å². The van der Waals surface area contributed by atoms with E-state index in [1.165, 1.54) is 12.1 Å². The summed E-state index contributed by atoms with van der Waals surface area (Å²) in [6.45, 7) is 7.29. The summed E-state index contributed by atoms with van der Waals surface area (Å²) in [6, 6.07) is 9.41. The first kappa shape index (κ1) is 25.0. The van der Waals surface area contributed by atoms with E-state index in [-0.39, 0.29) is 12.1 Å². The van der Waals surface area contributed by atoms with Gasteiger partial charge in [0.15, 0.2) is 0 Å². The van der Waals surface area contributed by atoms with Crippen LogP contribution in [0.3, 0.4) is 0 Å². The maximum Gasteiger partial charge on any atom is 0.416 e. The van der Waals surface area contributed by atoms with Crippen molar-refractivity contribution in [2.45, 2.75) is 45.3 Å². The maximum atomic E-state index is 13.0. The van der Waals surface area contributed by atoms with Gasteiger partial charge in [-0.05, 0) is 62.4 Å². The Hall–Kier alpha value is -2.61. The number of piperidine rings is 1. The molecule has 0 bridgehead atoms. The summed E-state index contributed by atoms with van der Waals surface area (Å²) < 4.78 is 39.1. The quantitative estimate of drug-likeness (QED) is 0.559. The van der Waals surface area contributed by atoms with E-state index in [9.17, 15) is 18.0 Å². The summed E-state index contributed by atoms with van der Waals surface area (Å²) in [4.78, 5) is 22.7. The minimum absolute atomic E-state index is 0.0216. The van der Waals surface area contributed by atoms with Crippen molar-refractivity contribution < 1.29 is 18.0 Å². The highest BCUT2D eigenvalue weighted by Crippen LogP contribution is 2.30. The number of alkyl halides is 3. The second-order valence-corrected chi connectivity index (χ2v) is 8.82. The SMILES string of the molecule is CCN(CC1CCN(C(=O)N(C)c2cccnc2)CC1)C(C)Cc1cccc(C(F)(F)F)c1. The number of hydrogen-bond acceptors (Lipinski definition) is 3. The number of likely N-dealkylation sites (tertiary alicyclic amines) is 1. The highest BCUT2D eigenvalue weighted by molar-refractivity contribution is 5.91. The zero-order valence-corrected chi connectivity index (χ0v) is 19.6. The fourth-order valence-corrected chi connectivity index (χ4v) is 4.48. The number of anilines is 1. The Morgan fingerprint density at radius 1 is 1.21 bits per heavy atom. The first-order chi connectivity index (χ1) is 15.7. The molecule has 33 heavy (non-hydrogen) atoms. The molecule has 0 N–H and O–H groups in total. The van der Waals surface area contributed by atoms with E-state index in [2.05, 4.69) is 23.7 Å². The molecule has 1 saturated heterocycles. The third kappa shape index (κ3) is 6.69. The Labute approximate surface area is 194 Å². The van der Waals surface area contributed by atoms with E-state index >= 15 is 0 Å². The molecule has 1 aromatic carbocycles. The third-order valence-corrected chi connectivity index (χ3v) is 6.51. The summed E-state index contributed by atoms with van der Waals surface area (Å²) in [5.41, 5.74) is 0.878. The molecule has 8 heteroatoms. The number of pyridine rings is 1. The van der Waals surface area contributed by atoms with Gasteiger partial charge in [0.2, 0.25) is 0 Å². The van der Waals surface area contributed by atoms with Gasteiger partial charge in [-0.1, -0.05) is 25.1 Å².